The zero-order valence-electron chi connectivity index (χ0n) is 14.2. The Kier molecular flexibility index (Phi) is 4.75. The van der Waals surface area contributed by atoms with Crippen molar-refractivity contribution in [1.29, 1.82) is 0 Å². The summed E-state index contributed by atoms with van der Waals surface area (Å²) in [6.07, 6.45) is 2.38. The van der Waals surface area contributed by atoms with Crippen LogP contribution in [0.15, 0.2) is 23.6 Å². The highest BCUT2D eigenvalue weighted by Crippen LogP contribution is 2.32. The summed E-state index contributed by atoms with van der Waals surface area (Å²) < 4.78 is 10.6. The molecule has 2 aromatic rings. The fraction of sp³-hybridized carbons (Fsp3) is 0.389. The van der Waals surface area contributed by atoms with E-state index in [2.05, 4.69) is 10.3 Å². The number of carbonyl (C=O) groups is 2. The number of fused-ring (bicyclic) bond motifs is 1. The average Bonchev–Trinajstić information content (AvgIpc) is 3.35. The van der Waals surface area contributed by atoms with E-state index in [1.54, 1.807) is 4.90 Å². The van der Waals surface area contributed by atoms with E-state index in [1.165, 1.54) is 11.3 Å². The summed E-state index contributed by atoms with van der Waals surface area (Å²) in [5, 5.41) is 5.44. The van der Waals surface area contributed by atoms with E-state index in [1.807, 2.05) is 23.6 Å². The molecule has 0 radical (unpaired) electrons. The second-order valence-electron chi connectivity index (χ2n) is 6.23. The summed E-state index contributed by atoms with van der Waals surface area (Å²) >= 11 is 1.41. The third-order valence-corrected chi connectivity index (χ3v) is 5.27. The molecule has 1 saturated heterocycles. The normalized spacial score (nSPS) is 15.5. The lowest BCUT2D eigenvalue weighted by Crippen LogP contribution is -2.27. The summed E-state index contributed by atoms with van der Waals surface area (Å²) in [4.78, 5) is 30.0. The molecule has 0 saturated carbocycles. The van der Waals surface area contributed by atoms with Gasteiger partial charge in [-0.1, -0.05) is 6.07 Å². The molecule has 8 heteroatoms. The van der Waals surface area contributed by atoms with Gasteiger partial charge in [-0.2, -0.15) is 0 Å². The topological polar surface area (TPSA) is 80.8 Å². The van der Waals surface area contributed by atoms with Crippen molar-refractivity contribution in [3.63, 3.8) is 0 Å². The quantitative estimate of drug-likeness (QED) is 0.836. The van der Waals surface area contributed by atoms with Gasteiger partial charge in [0.25, 0.3) is 0 Å². The summed E-state index contributed by atoms with van der Waals surface area (Å²) in [5.41, 5.74) is 1.78. The Hall–Kier alpha value is -2.61. The van der Waals surface area contributed by atoms with Gasteiger partial charge in [-0.05, 0) is 30.5 Å². The molecule has 1 aromatic carbocycles. The predicted octanol–water partition coefficient (Wildman–Crippen LogP) is 1.90. The number of thiazole rings is 1. The first-order valence-electron chi connectivity index (χ1n) is 8.59. The molecule has 136 valence electrons. The first kappa shape index (κ1) is 16.8. The maximum Gasteiger partial charge on any atom is 0.231 e. The third-order valence-electron chi connectivity index (χ3n) is 4.36. The fourth-order valence-electron chi connectivity index (χ4n) is 3.02. The standard InChI is InChI=1S/C18H19N3O4S/c22-16(9-13-10-26-18(20-13)21-7-1-2-17(21)23)19-6-5-12-3-4-14-15(8-12)25-11-24-14/h3-4,8,10H,1-2,5-7,9,11H2,(H,19,22). The first-order valence-corrected chi connectivity index (χ1v) is 9.47. The van der Waals surface area contributed by atoms with Crippen molar-refractivity contribution in [1.82, 2.24) is 10.3 Å². The lowest BCUT2D eigenvalue weighted by molar-refractivity contribution is -0.120. The number of aromatic nitrogens is 1. The number of benzene rings is 1. The number of hydrogen-bond donors (Lipinski definition) is 1. The van der Waals surface area contributed by atoms with Crippen LogP contribution in [0.25, 0.3) is 0 Å². The molecule has 1 aromatic heterocycles. The van der Waals surface area contributed by atoms with Crippen LogP contribution in [0, 0.1) is 0 Å². The molecular weight excluding hydrogens is 354 g/mol. The van der Waals surface area contributed by atoms with Gasteiger partial charge in [0, 0.05) is 24.9 Å². The summed E-state index contributed by atoms with van der Waals surface area (Å²) in [5.74, 6) is 1.54. The van der Waals surface area contributed by atoms with Crippen molar-refractivity contribution in [3.05, 3.63) is 34.8 Å². The van der Waals surface area contributed by atoms with Gasteiger partial charge in [-0.25, -0.2) is 4.98 Å². The molecule has 3 heterocycles. The van der Waals surface area contributed by atoms with Crippen molar-refractivity contribution >= 4 is 28.3 Å². The zero-order chi connectivity index (χ0) is 17.9. The van der Waals surface area contributed by atoms with Crippen LogP contribution >= 0.6 is 11.3 Å². The van der Waals surface area contributed by atoms with Gasteiger partial charge in [-0.3, -0.25) is 14.5 Å². The van der Waals surface area contributed by atoms with Crippen LogP contribution in [-0.4, -0.2) is 36.7 Å². The second kappa shape index (κ2) is 7.33. The van der Waals surface area contributed by atoms with Gasteiger partial charge in [0.05, 0.1) is 12.1 Å². The number of ether oxygens (including phenoxy) is 2. The van der Waals surface area contributed by atoms with Crippen LogP contribution < -0.4 is 19.7 Å². The molecule has 4 rings (SSSR count). The van der Waals surface area contributed by atoms with E-state index in [-0.39, 0.29) is 25.0 Å². The summed E-state index contributed by atoms with van der Waals surface area (Å²) in [6.45, 7) is 1.52. The Morgan fingerprint density at radius 1 is 1.31 bits per heavy atom. The van der Waals surface area contributed by atoms with Gasteiger partial charge < -0.3 is 14.8 Å². The molecular formula is C18H19N3O4S. The minimum Gasteiger partial charge on any atom is -0.454 e. The van der Waals surface area contributed by atoms with E-state index in [0.717, 1.165) is 23.5 Å². The molecule has 2 aliphatic heterocycles. The molecule has 0 bridgehead atoms. The smallest absolute Gasteiger partial charge is 0.231 e. The Bertz CT molecular complexity index is 836. The van der Waals surface area contributed by atoms with E-state index in [9.17, 15) is 9.59 Å². The van der Waals surface area contributed by atoms with Crippen molar-refractivity contribution in [2.45, 2.75) is 25.7 Å². The highest BCUT2D eigenvalue weighted by atomic mass is 32.1. The second-order valence-corrected chi connectivity index (χ2v) is 7.07. The van der Waals surface area contributed by atoms with Gasteiger partial charge in [-0.15, -0.1) is 11.3 Å². The lowest BCUT2D eigenvalue weighted by atomic mass is 10.1. The van der Waals surface area contributed by atoms with E-state index < -0.39 is 0 Å². The average molecular weight is 373 g/mol. The number of nitrogens with one attached hydrogen (secondary N) is 1. The van der Waals surface area contributed by atoms with Crippen LogP contribution in [0.2, 0.25) is 0 Å². The Morgan fingerprint density at radius 3 is 3.04 bits per heavy atom. The predicted molar refractivity (Wildman–Crippen MR) is 96.7 cm³/mol. The summed E-state index contributed by atoms with van der Waals surface area (Å²) in [6, 6.07) is 5.80. The lowest BCUT2D eigenvalue weighted by Gasteiger charge is -2.10. The van der Waals surface area contributed by atoms with Gasteiger partial charge in [0.2, 0.25) is 18.6 Å². The molecule has 1 N–H and O–H groups in total. The van der Waals surface area contributed by atoms with Crippen LogP contribution in [0.4, 0.5) is 5.13 Å². The van der Waals surface area contributed by atoms with Gasteiger partial charge in [0.1, 0.15) is 0 Å². The monoisotopic (exact) mass is 373 g/mol. The number of amides is 2. The largest absolute Gasteiger partial charge is 0.454 e. The zero-order valence-corrected chi connectivity index (χ0v) is 15.0. The van der Waals surface area contributed by atoms with E-state index >= 15 is 0 Å². The van der Waals surface area contributed by atoms with Crippen LogP contribution in [0.1, 0.15) is 24.1 Å². The maximum absolute atomic E-state index is 12.1. The van der Waals surface area contributed by atoms with Crippen LogP contribution in [0.3, 0.4) is 0 Å². The Labute approximate surface area is 154 Å². The van der Waals surface area contributed by atoms with Crippen molar-refractivity contribution in [3.8, 4) is 11.5 Å². The number of nitrogens with zero attached hydrogens (tertiary/aromatic N) is 2. The highest BCUT2D eigenvalue weighted by Gasteiger charge is 2.24. The molecule has 0 atom stereocenters. The molecule has 1 fully saturated rings. The minimum atomic E-state index is -0.0738. The fourth-order valence-corrected chi connectivity index (χ4v) is 3.89. The number of hydrogen-bond acceptors (Lipinski definition) is 6. The number of rotatable bonds is 6. The third kappa shape index (κ3) is 3.65. The number of carbonyl (C=O) groups excluding carboxylic acids is 2. The van der Waals surface area contributed by atoms with Gasteiger partial charge >= 0.3 is 0 Å². The molecule has 2 aliphatic rings. The molecule has 0 aliphatic carbocycles. The minimum absolute atomic E-state index is 0.0738. The Morgan fingerprint density at radius 2 is 2.19 bits per heavy atom. The molecule has 0 spiro atoms. The first-order chi connectivity index (χ1) is 12.7. The van der Waals surface area contributed by atoms with E-state index in [0.29, 0.717) is 36.8 Å². The van der Waals surface area contributed by atoms with E-state index in [4.69, 9.17) is 9.47 Å². The molecule has 0 unspecified atom stereocenters. The van der Waals surface area contributed by atoms with Crippen molar-refractivity contribution in [2.24, 2.45) is 0 Å². The SMILES string of the molecule is O=C(Cc1csc(N2CCCC2=O)n1)NCCc1ccc2c(c1)OCO2. The van der Waals surface area contributed by atoms with Crippen molar-refractivity contribution in [2.75, 3.05) is 24.8 Å². The molecule has 26 heavy (non-hydrogen) atoms. The van der Waals surface area contributed by atoms with Crippen molar-refractivity contribution < 1.29 is 19.1 Å². The molecule has 2 amide bonds. The van der Waals surface area contributed by atoms with Gasteiger partial charge in [0.15, 0.2) is 16.6 Å². The maximum atomic E-state index is 12.1. The highest BCUT2D eigenvalue weighted by molar-refractivity contribution is 7.14. The van der Waals surface area contributed by atoms with Crippen LogP contribution in [0.5, 0.6) is 11.5 Å². The number of anilines is 1. The molecule has 7 nitrogen and oxygen atoms in total. The summed E-state index contributed by atoms with van der Waals surface area (Å²) in [7, 11) is 0. The Balaban J connectivity index is 1.25. The van der Waals surface area contributed by atoms with Crippen LogP contribution in [-0.2, 0) is 22.4 Å².